The van der Waals surface area contributed by atoms with Crippen molar-refractivity contribution in [3.63, 3.8) is 0 Å². The molecule has 0 aromatic rings. The molecule has 0 radical (unpaired) electrons. The smallest absolute Gasteiger partial charge is 0.201 e. The molecule has 6 rings (SSSR count). The average molecular weight is 399 g/mol. The summed E-state index contributed by atoms with van der Waals surface area (Å²) in [5, 5.41) is 0.272. The Labute approximate surface area is 165 Å². The second-order valence-electron chi connectivity index (χ2n) is 9.86. The van der Waals surface area contributed by atoms with Crippen molar-refractivity contribution in [1.29, 1.82) is 0 Å². The lowest BCUT2D eigenvalue weighted by Gasteiger charge is -2.60. The van der Waals surface area contributed by atoms with Gasteiger partial charge in [-0.05, 0) is 50.9 Å². The number of rotatable bonds is 2. The van der Waals surface area contributed by atoms with Gasteiger partial charge >= 0.3 is 0 Å². The summed E-state index contributed by atoms with van der Waals surface area (Å²) in [6.45, 7) is 6.50. The highest BCUT2D eigenvalue weighted by molar-refractivity contribution is 7.86. The van der Waals surface area contributed by atoms with Crippen molar-refractivity contribution in [3.8, 4) is 0 Å². The lowest BCUT2D eigenvalue weighted by Crippen LogP contribution is -2.70. The van der Waals surface area contributed by atoms with Crippen molar-refractivity contribution in [1.82, 2.24) is 0 Å². The Balaban J connectivity index is 1.49. The number of ether oxygens (including phenoxy) is 2. The van der Waals surface area contributed by atoms with Gasteiger partial charge in [-0.15, -0.1) is 0 Å². The van der Waals surface area contributed by atoms with Gasteiger partial charge in [-0.1, -0.05) is 33.1 Å². The van der Waals surface area contributed by atoms with Crippen LogP contribution in [-0.4, -0.2) is 32.6 Å². The molecule has 6 aliphatic rings. The Morgan fingerprint density at radius 1 is 0.926 bits per heavy atom. The molecule has 4 saturated heterocycles. The molecule has 4 heterocycles. The summed E-state index contributed by atoms with van der Waals surface area (Å²) in [6.07, 6.45) is 9.45. The zero-order chi connectivity index (χ0) is 18.8. The summed E-state index contributed by atoms with van der Waals surface area (Å²) < 4.78 is 26.4. The van der Waals surface area contributed by atoms with E-state index in [0.29, 0.717) is 11.8 Å². The molecule has 154 valence electrons. The zero-order valence-corrected chi connectivity index (χ0v) is 17.7. The van der Waals surface area contributed by atoms with E-state index < -0.39 is 28.5 Å². The summed E-state index contributed by atoms with van der Waals surface area (Å²) in [4.78, 5) is 12.0. The molecule has 2 bridgehead atoms. The summed E-state index contributed by atoms with van der Waals surface area (Å²) >= 11 is 0. The Morgan fingerprint density at radius 3 is 2.48 bits per heavy atom. The van der Waals surface area contributed by atoms with Crippen LogP contribution in [0.3, 0.4) is 0 Å². The fourth-order valence-electron chi connectivity index (χ4n) is 6.62. The number of hydrogen-bond acceptors (Lipinski definition) is 5. The van der Waals surface area contributed by atoms with Gasteiger partial charge < -0.3 is 9.47 Å². The van der Waals surface area contributed by atoms with Crippen LogP contribution in [-0.2, 0) is 30.0 Å². The minimum absolute atomic E-state index is 0.189. The predicted octanol–water partition coefficient (Wildman–Crippen LogP) is 4.28. The second-order valence-corrected chi connectivity index (χ2v) is 11.7. The van der Waals surface area contributed by atoms with Crippen molar-refractivity contribution in [3.05, 3.63) is 0 Å². The quantitative estimate of drug-likeness (QED) is 0.650. The first kappa shape index (κ1) is 19.0. The normalized spacial score (nSPS) is 54.2. The Bertz CT molecular complexity index is 607. The van der Waals surface area contributed by atoms with Gasteiger partial charge in [-0.25, -0.2) is 9.78 Å². The molecule has 9 atom stereocenters. The van der Waals surface area contributed by atoms with E-state index >= 15 is 0 Å². The predicted molar refractivity (Wildman–Crippen MR) is 102 cm³/mol. The van der Waals surface area contributed by atoms with E-state index in [-0.39, 0.29) is 22.5 Å². The number of fused-ring (bicyclic) bond motifs is 2. The minimum Gasteiger partial charge on any atom is -0.332 e. The maximum atomic E-state index is 13.5. The Morgan fingerprint density at radius 2 is 1.70 bits per heavy atom. The highest BCUT2D eigenvalue weighted by Crippen LogP contribution is 2.61. The molecule has 27 heavy (non-hydrogen) atoms. The largest absolute Gasteiger partial charge is 0.332 e. The second kappa shape index (κ2) is 6.76. The monoisotopic (exact) mass is 398 g/mol. The molecule has 5 nitrogen and oxygen atoms in total. The maximum absolute atomic E-state index is 13.5. The van der Waals surface area contributed by atoms with Crippen LogP contribution in [0.1, 0.15) is 78.6 Å². The van der Waals surface area contributed by atoms with Crippen LogP contribution < -0.4 is 0 Å². The fourth-order valence-corrected chi connectivity index (χ4v) is 8.63. The summed E-state index contributed by atoms with van der Waals surface area (Å²) in [6, 6.07) is 0. The molecule has 0 amide bonds. The first-order valence-corrected chi connectivity index (χ1v) is 12.3. The van der Waals surface area contributed by atoms with E-state index in [9.17, 15) is 4.21 Å². The van der Waals surface area contributed by atoms with Crippen LogP contribution in [0.25, 0.3) is 0 Å². The third kappa shape index (κ3) is 2.81. The first-order chi connectivity index (χ1) is 12.9. The molecular weight excluding hydrogens is 364 g/mol. The lowest BCUT2D eigenvalue weighted by atomic mass is 9.58. The van der Waals surface area contributed by atoms with Gasteiger partial charge in [0, 0.05) is 23.5 Å². The van der Waals surface area contributed by atoms with Gasteiger partial charge in [-0.2, -0.15) is 0 Å². The van der Waals surface area contributed by atoms with Crippen molar-refractivity contribution >= 4 is 10.8 Å². The van der Waals surface area contributed by atoms with Crippen LogP contribution in [0.15, 0.2) is 0 Å². The molecular formula is C21H34O5S. The number of hydrogen-bond donors (Lipinski definition) is 0. The first-order valence-electron chi connectivity index (χ1n) is 11.0. The van der Waals surface area contributed by atoms with Crippen LogP contribution in [0.5, 0.6) is 0 Å². The van der Waals surface area contributed by atoms with E-state index in [1.54, 1.807) is 0 Å². The standard InChI is InChI=1S/C21H34O5S/c1-13-9-10-17-14(2)18(27(22)15-7-5-4-6-8-15)23-19-21(17)16(13)11-12-20(3,24-19)25-26-21/h13-19H,4-12H2,1-3H3/t13-,14-,16+,17+,18+,19-,20-,21-,27?/m1/s1. The Kier molecular flexibility index (Phi) is 4.75. The van der Waals surface area contributed by atoms with E-state index in [4.69, 9.17) is 19.2 Å². The lowest BCUT2D eigenvalue weighted by molar-refractivity contribution is -0.568. The zero-order valence-electron chi connectivity index (χ0n) is 16.9. The van der Waals surface area contributed by atoms with Gasteiger partial charge in [0.1, 0.15) is 5.44 Å². The third-order valence-corrected chi connectivity index (χ3v) is 10.3. The molecule has 2 aliphatic carbocycles. The maximum Gasteiger partial charge on any atom is 0.201 e. The van der Waals surface area contributed by atoms with Crippen LogP contribution >= 0.6 is 0 Å². The topological polar surface area (TPSA) is 54.0 Å². The minimum atomic E-state index is -0.980. The molecule has 0 N–H and O–H groups in total. The highest BCUT2D eigenvalue weighted by Gasteiger charge is 2.69. The molecule has 0 aromatic heterocycles. The van der Waals surface area contributed by atoms with Gasteiger partial charge in [0.2, 0.25) is 5.79 Å². The van der Waals surface area contributed by atoms with Gasteiger partial charge in [0.05, 0.1) is 10.8 Å². The van der Waals surface area contributed by atoms with Gasteiger partial charge in [-0.3, -0.25) is 4.21 Å². The van der Waals surface area contributed by atoms with Crippen LogP contribution in [0.2, 0.25) is 0 Å². The highest BCUT2D eigenvalue weighted by atomic mass is 32.2. The fraction of sp³-hybridized carbons (Fsp3) is 1.00. The molecule has 0 aromatic carbocycles. The molecule has 1 unspecified atom stereocenters. The van der Waals surface area contributed by atoms with Gasteiger partial charge in [0.25, 0.3) is 0 Å². The average Bonchev–Trinajstić information content (AvgIpc) is 2.91. The van der Waals surface area contributed by atoms with Gasteiger partial charge in [0.15, 0.2) is 11.9 Å². The van der Waals surface area contributed by atoms with Crippen LogP contribution in [0.4, 0.5) is 0 Å². The van der Waals surface area contributed by atoms with Crippen LogP contribution in [0, 0.1) is 23.7 Å². The molecule has 4 aliphatic heterocycles. The Hall–Kier alpha value is -0.0100. The molecule has 1 spiro atoms. The summed E-state index contributed by atoms with van der Waals surface area (Å²) in [5.74, 6) is 0.644. The van der Waals surface area contributed by atoms with E-state index in [1.807, 2.05) is 6.92 Å². The van der Waals surface area contributed by atoms with Crippen molar-refractivity contribution in [2.24, 2.45) is 23.7 Å². The third-order valence-electron chi connectivity index (χ3n) is 8.21. The SMILES string of the molecule is C[C@H]1[C@H](S(=O)C2CCCCC2)O[C@@H]2O[C@@]3(C)CC[C@H]4[C@H](C)CC[C@@H]1[C@@]24OO3. The van der Waals surface area contributed by atoms with E-state index in [2.05, 4.69) is 13.8 Å². The molecule has 2 saturated carbocycles. The summed E-state index contributed by atoms with van der Waals surface area (Å²) in [7, 11) is -0.980. The van der Waals surface area contributed by atoms with E-state index in [1.165, 1.54) is 25.7 Å². The molecule has 6 fully saturated rings. The van der Waals surface area contributed by atoms with Crippen molar-refractivity contribution in [2.75, 3.05) is 0 Å². The van der Waals surface area contributed by atoms with Crippen molar-refractivity contribution in [2.45, 2.75) is 107 Å². The summed E-state index contributed by atoms with van der Waals surface area (Å²) in [5.41, 5.74) is -0.797. The van der Waals surface area contributed by atoms with E-state index in [0.717, 1.165) is 32.1 Å². The van der Waals surface area contributed by atoms with Crippen molar-refractivity contribution < 1.29 is 23.5 Å². The molecule has 6 heteroatoms.